The van der Waals surface area contributed by atoms with E-state index in [1.54, 1.807) is 42.0 Å². The second-order valence-corrected chi connectivity index (χ2v) is 15.3. The fraction of sp³-hybridized carbons (Fsp3) is 0.356. The number of nitrogens with two attached hydrogens (primary N) is 1. The number of carbonyl (C=O) groups excluding carboxylic acids is 3. The molecule has 0 unspecified atom stereocenters. The summed E-state index contributed by atoms with van der Waals surface area (Å²) in [6.45, 7) is 8.60. The lowest BCUT2D eigenvalue weighted by atomic mass is 9.93. The van der Waals surface area contributed by atoms with Crippen LogP contribution < -0.4 is 15.4 Å². The van der Waals surface area contributed by atoms with E-state index in [2.05, 4.69) is 27.8 Å². The number of esters is 2. The third kappa shape index (κ3) is 11.8. The summed E-state index contributed by atoms with van der Waals surface area (Å²) < 4.78 is 18.4. The fourth-order valence-electron chi connectivity index (χ4n) is 7.18. The van der Waals surface area contributed by atoms with Gasteiger partial charge in [-0.15, -0.1) is 0 Å². The van der Waals surface area contributed by atoms with Crippen LogP contribution in [0.5, 0.6) is 5.75 Å². The summed E-state index contributed by atoms with van der Waals surface area (Å²) in [5.74, 6) is 0.0119. The number of methoxy groups -OCH3 is 1. The zero-order valence-electron chi connectivity index (χ0n) is 33.1. The molecule has 1 aliphatic carbocycles. The van der Waals surface area contributed by atoms with Crippen molar-refractivity contribution in [3.05, 3.63) is 123 Å². The van der Waals surface area contributed by atoms with Crippen LogP contribution in [0.4, 0.5) is 11.4 Å². The molecule has 4 aromatic carbocycles. The molecule has 0 radical (unpaired) electrons. The zero-order valence-corrected chi connectivity index (χ0v) is 35.5. The number of hydrogen-bond donors (Lipinski definition) is 1. The van der Waals surface area contributed by atoms with Gasteiger partial charge in [-0.25, -0.2) is 4.79 Å². The minimum Gasteiger partial charge on any atom is -0.497 e. The highest BCUT2D eigenvalue weighted by molar-refractivity contribution is 9.10. The Kier molecular flexibility index (Phi) is 16.0. The van der Waals surface area contributed by atoms with Crippen molar-refractivity contribution in [3.63, 3.8) is 0 Å². The molecular weight excluding hydrogens is 808 g/mol. The van der Waals surface area contributed by atoms with Crippen molar-refractivity contribution in [2.75, 3.05) is 50.6 Å². The van der Waals surface area contributed by atoms with Gasteiger partial charge in [-0.2, -0.15) is 0 Å². The van der Waals surface area contributed by atoms with Crippen LogP contribution >= 0.6 is 27.5 Å². The summed E-state index contributed by atoms with van der Waals surface area (Å²) in [6, 6.07) is 28.5. The van der Waals surface area contributed by atoms with Crippen LogP contribution in [0.3, 0.4) is 0 Å². The van der Waals surface area contributed by atoms with Crippen molar-refractivity contribution < 1.29 is 28.6 Å². The first kappa shape index (κ1) is 43.3. The molecule has 0 bridgehead atoms. The highest BCUT2D eigenvalue weighted by Gasteiger charge is 2.22. The quantitative estimate of drug-likeness (QED) is 0.0861. The molecule has 0 aliphatic heterocycles. The number of nitrogens with zero attached hydrogens (tertiary/aromatic N) is 3. The van der Waals surface area contributed by atoms with E-state index in [-0.39, 0.29) is 31.1 Å². The van der Waals surface area contributed by atoms with Gasteiger partial charge in [0.1, 0.15) is 19.0 Å². The lowest BCUT2D eigenvalue weighted by Gasteiger charge is -2.34. The Morgan fingerprint density at radius 3 is 2.21 bits per heavy atom. The molecule has 6 rings (SSSR count). The van der Waals surface area contributed by atoms with Gasteiger partial charge in [0.25, 0.3) is 5.91 Å². The van der Waals surface area contributed by atoms with E-state index in [4.69, 9.17) is 31.5 Å². The van der Waals surface area contributed by atoms with Gasteiger partial charge in [-0.3, -0.25) is 19.1 Å². The SMILES string of the molecule is CCN(Cc1cc(C(=O)OCCN(CCOC(C)=O)c2ccccc2)cc(Br)c1N)C1CCCCC1.COc1ccc2c(c1)cc(C)n2C(=O)c1ccc(Cl)cc1. The molecule has 5 aromatic rings. The van der Waals surface area contributed by atoms with Crippen LogP contribution in [-0.4, -0.2) is 73.3 Å². The van der Waals surface area contributed by atoms with Gasteiger partial charge in [0, 0.05) is 51.3 Å². The van der Waals surface area contributed by atoms with E-state index in [0.29, 0.717) is 52.0 Å². The van der Waals surface area contributed by atoms with Crippen LogP contribution in [-0.2, 0) is 20.8 Å². The third-order valence-corrected chi connectivity index (χ3v) is 11.1. The van der Waals surface area contributed by atoms with Crippen molar-refractivity contribution in [3.8, 4) is 5.75 Å². The van der Waals surface area contributed by atoms with Gasteiger partial charge >= 0.3 is 11.9 Å². The van der Waals surface area contributed by atoms with Gasteiger partial charge in [-0.1, -0.05) is 56.0 Å². The van der Waals surface area contributed by atoms with Crippen molar-refractivity contribution in [2.45, 2.75) is 65.5 Å². The topological polar surface area (TPSA) is 116 Å². The summed E-state index contributed by atoms with van der Waals surface area (Å²) in [4.78, 5) is 41.3. The molecule has 302 valence electrons. The Morgan fingerprint density at radius 1 is 0.877 bits per heavy atom. The second-order valence-electron chi connectivity index (χ2n) is 14.0. The largest absolute Gasteiger partial charge is 0.497 e. The molecule has 0 atom stereocenters. The molecule has 1 fully saturated rings. The minimum atomic E-state index is -0.384. The molecule has 0 spiro atoms. The molecule has 2 N–H and O–H groups in total. The predicted molar refractivity (Wildman–Crippen MR) is 231 cm³/mol. The van der Waals surface area contributed by atoms with Gasteiger partial charge < -0.3 is 24.8 Å². The van der Waals surface area contributed by atoms with Crippen LogP contribution in [0.2, 0.25) is 5.02 Å². The second kappa shape index (κ2) is 21.1. The Balaban J connectivity index is 0.000000249. The Hall–Kier alpha value is -4.84. The number of rotatable bonds is 14. The van der Waals surface area contributed by atoms with Crippen LogP contribution in [0.1, 0.15) is 77.9 Å². The van der Waals surface area contributed by atoms with Crippen LogP contribution in [0, 0.1) is 6.92 Å². The predicted octanol–water partition coefficient (Wildman–Crippen LogP) is 9.71. The number of anilines is 2. The average Bonchev–Trinajstić information content (AvgIpc) is 3.56. The number of benzene rings is 4. The Labute approximate surface area is 348 Å². The highest BCUT2D eigenvalue weighted by Crippen LogP contribution is 2.30. The maximum absolute atomic E-state index is 13.0. The summed E-state index contributed by atoms with van der Waals surface area (Å²) in [5.41, 5.74) is 11.8. The number of halogens is 2. The van der Waals surface area contributed by atoms with E-state index >= 15 is 0 Å². The zero-order chi connectivity index (χ0) is 40.9. The minimum absolute atomic E-state index is 0.0654. The van der Waals surface area contributed by atoms with Crippen molar-refractivity contribution in [1.82, 2.24) is 9.47 Å². The monoisotopic (exact) mass is 858 g/mol. The van der Waals surface area contributed by atoms with E-state index in [0.717, 1.165) is 40.1 Å². The van der Waals surface area contributed by atoms with Crippen LogP contribution in [0.25, 0.3) is 10.9 Å². The first-order valence-corrected chi connectivity index (χ1v) is 20.5. The summed E-state index contributed by atoms with van der Waals surface area (Å²) >= 11 is 9.40. The van der Waals surface area contributed by atoms with E-state index in [1.807, 2.05) is 72.5 Å². The normalized spacial score (nSPS) is 12.8. The van der Waals surface area contributed by atoms with E-state index in [9.17, 15) is 14.4 Å². The van der Waals surface area contributed by atoms with Gasteiger partial charge in [0.05, 0.1) is 37.0 Å². The highest BCUT2D eigenvalue weighted by atomic mass is 79.9. The smallest absolute Gasteiger partial charge is 0.338 e. The molecule has 1 heterocycles. The first-order chi connectivity index (χ1) is 27.5. The number of nitrogen functional groups attached to an aromatic ring is 1. The van der Waals surface area contributed by atoms with Crippen molar-refractivity contribution in [1.29, 1.82) is 0 Å². The first-order valence-electron chi connectivity index (χ1n) is 19.4. The molecule has 0 saturated heterocycles. The third-order valence-electron chi connectivity index (χ3n) is 10.2. The molecule has 1 saturated carbocycles. The average molecular weight is 860 g/mol. The fourth-order valence-corrected chi connectivity index (χ4v) is 7.80. The molecule has 10 nitrogen and oxygen atoms in total. The molecule has 0 amide bonds. The number of aromatic nitrogens is 1. The molecule has 57 heavy (non-hydrogen) atoms. The summed E-state index contributed by atoms with van der Waals surface area (Å²) in [6.07, 6.45) is 6.29. The van der Waals surface area contributed by atoms with Gasteiger partial charge in [0.2, 0.25) is 0 Å². The molecule has 1 aliphatic rings. The summed E-state index contributed by atoms with van der Waals surface area (Å²) in [5, 5.41) is 1.60. The number of fused-ring (bicyclic) bond motifs is 1. The lowest BCUT2D eigenvalue weighted by Crippen LogP contribution is -2.36. The standard InChI is InChI=1S/C28H38BrN3O4.C17H14ClNO2/c1-3-31(24-10-6-4-7-11-24)20-23-18-22(19-26(29)27(23)30)28(34)36-17-15-32(14-16-35-21(2)33)25-12-8-5-9-13-25;1-11-9-13-10-15(21-2)7-8-16(13)19(11)17(20)12-3-5-14(18)6-4-12/h5,8-9,12-13,18-19,24H,3-4,6-7,10-11,14-17,20,30H2,1-2H3;3-10H,1-2H3. The number of hydrogen-bond acceptors (Lipinski definition) is 9. The molecule has 12 heteroatoms. The maximum Gasteiger partial charge on any atom is 0.338 e. The molecule has 1 aromatic heterocycles. The number of para-hydroxylation sites is 1. The number of aryl methyl sites for hydroxylation is 1. The maximum atomic E-state index is 13.0. The van der Waals surface area contributed by atoms with Crippen molar-refractivity contribution in [2.24, 2.45) is 0 Å². The number of ether oxygens (including phenoxy) is 3. The Morgan fingerprint density at radius 2 is 1.56 bits per heavy atom. The van der Waals surface area contributed by atoms with E-state index in [1.165, 1.54) is 39.0 Å². The number of carbonyl (C=O) groups is 3. The Bertz CT molecular complexity index is 2120. The van der Waals surface area contributed by atoms with Crippen molar-refractivity contribution >= 4 is 67.7 Å². The van der Waals surface area contributed by atoms with E-state index < -0.39 is 0 Å². The van der Waals surface area contributed by atoms with Crippen LogP contribution in [0.15, 0.2) is 95.5 Å². The summed E-state index contributed by atoms with van der Waals surface area (Å²) in [7, 11) is 1.63. The van der Waals surface area contributed by atoms with Gasteiger partial charge in [0.15, 0.2) is 0 Å². The molecular formula is C45H52BrClN4O6. The van der Waals surface area contributed by atoms with Gasteiger partial charge in [-0.05, 0) is 121 Å². The lowest BCUT2D eigenvalue weighted by molar-refractivity contribution is -0.140.